The molecule has 0 bridgehead atoms. The maximum absolute atomic E-state index is 12.9. The van der Waals surface area contributed by atoms with Gasteiger partial charge >= 0.3 is 0 Å². The number of hydrogen-bond acceptors (Lipinski definition) is 3. The molecule has 0 aromatic heterocycles. The Morgan fingerprint density at radius 1 is 1.19 bits per heavy atom. The summed E-state index contributed by atoms with van der Waals surface area (Å²) in [5, 5.41) is 9.32. The van der Waals surface area contributed by atoms with Crippen LogP contribution in [0.15, 0.2) is 23.1 Å². The van der Waals surface area contributed by atoms with Crippen LogP contribution in [0.2, 0.25) is 0 Å². The molecule has 1 aromatic carbocycles. The third-order valence-corrected chi connectivity index (χ3v) is 6.62. The van der Waals surface area contributed by atoms with Crippen molar-refractivity contribution in [3.63, 3.8) is 0 Å². The number of nitrogens with zero attached hydrogens (tertiary/aromatic N) is 1. The summed E-state index contributed by atoms with van der Waals surface area (Å²) in [5.41, 5.74) is 1.32. The first kappa shape index (κ1) is 16.5. The summed E-state index contributed by atoms with van der Waals surface area (Å²) in [6.07, 6.45) is 6.47. The average molecular weight is 311 g/mol. The number of aliphatic hydroxyl groups is 1. The summed E-state index contributed by atoms with van der Waals surface area (Å²) in [5.74, 6) is 0. The molecule has 1 aromatic rings. The van der Waals surface area contributed by atoms with Crippen LogP contribution >= 0.6 is 0 Å². The zero-order chi connectivity index (χ0) is 15.5. The van der Waals surface area contributed by atoms with Crippen LogP contribution < -0.4 is 0 Å². The lowest BCUT2D eigenvalue weighted by Crippen LogP contribution is -2.37. The number of benzene rings is 1. The maximum Gasteiger partial charge on any atom is 0.243 e. The highest BCUT2D eigenvalue weighted by molar-refractivity contribution is 7.89. The lowest BCUT2D eigenvalue weighted by molar-refractivity contribution is 0.280. The molecule has 0 heterocycles. The Hall–Kier alpha value is -0.910. The Morgan fingerprint density at radius 2 is 1.81 bits per heavy atom. The molecule has 0 radical (unpaired) electrons. The molecule has 1 N–H and O–H groups in total. The molecule has 1 fully saturated rings. The van der Waals surface area contributed by atoms with Gasteiger partial charge in [-0.25, -0.2) is 8.42 Å². The van der Waals surface area contributed by atoms with Crippen molar-refractivity contribution in [1.29, 1.82) is 0 Å². The largest absolute Gasteiger partial charge is 0.392 e. The van der Waals surface area contributed by atoms with Crippen molar-refractivity contribution in [2.24, 2.45) is 0 Å². The number of hydrogen-bond donors (Lipinski definition) is 1. The third kappa shape index (κ3) is 3.47. The smallest absolute Gasteiger partial charge is 0.243 e. The molecule has 2 rings (SSSR count). The van der Waals surface area contributed by atoms with E-state index in [0.29, 0.717) is 16.0 Å². The predicted molar refractivity (Wildman–Crippen MR) is 83.5 cm³/mol. The quantitative estimate of drug-likeness (QED) is 0.870. The van der Waals surface area contributed by atoms with Crippen molar-refractivity contribution in [3.05, 3.63) is 29.3 Å². The van der Waals surface area contributed by atoms with E-state index in [1.807, 2.05) is 0 Å². The summed E-state index contributed by atoms with van der Waals surface area (Å²) in [6.45, 7) is 1.63. The fraction of sp³-hybridized carbons (Fsp3) is 0.625. The van der Waals surface area contributed by atoms with Gasteiger partial charge in [0.05, 0.1) is 11.5 Å². The first-order valence-electron chi connectivity index (χ1n) is 7.66. The molecule has 1 aliphatic carbocycles. The van der Waals surface area contributed by atoms with E-state index in [-0.39, 0.29) is 12.6 Å². The van der Waals surface area contributed by atoms with Gasteiger partial charge in [0.1, 0.15) is 0 Å². The first-order valence-corrected chi connectivity index (χ1v) is 9.10. The molecule has 0 atom stereocenters. The van der Waals surface area contributed by atoms with E-state index in [1.54, 1.807) is 36.5 Å². The highest BCUT2D eigenvalue weighted by atomic mass is 32.2. The number of sulfonamides is 1. The van der Waals surface area contributed by atoms with Crippen molar-refractivity contribution in [2.45, 2.75) is 63.0 Å². The minimum absolute atomic E-state index is 0.0923. The molecule has 0 unspecified atom stereocenters. The van der Waals surface area contributed by atoms with Crippen molar-refractivity contribution >= 4 is 10.0 Å². The highest BCUT2D eigenvalue weighted by Gasteiger charge is 2.29. The SMILES string of the molecule is Cc1c(CO)cccc1S(=O)(=O)N(C)C1CCCCCC1. The molecule has 0 spiro atoms. The van der Waals surface area contributed by atoms with E-state index < -0.39 is 10.0 Å². The fourth-order valence-electron chi connectivity index (χ4n) is 3.08. The molecule has 0 amide bonds. The van der Waals surface area contributed by atoms with Crippen LogP contribution in [-0.4, -0.2) is 30.9 Å². The summed E-state index contributed by atoms with van der Waals surface area (Å²) < 4.78 is 27.3. The lowest BCUT2D eigenvalue weighted by atomic mass is 10.1. The molecule has 0 aliphatic heterocycles. The minimum atomic E-state index is -3.50. The second-order valence-corrected chi connectivity index (χ2v) is 7.83. The van der Waals surface area contributed by atoms with Crippen LogP contribution in [0.5, 0.6) is 0 Å². The molecule has 118 valence electrons. The van der Waals surface area contributed by atoms with Crippen LogP contribution in [0, 0.1) is 6.92 Å². The van der Waals surface area contributed by atoms with Crippen molar-refractivity contribution in [2.75, 3.05) is 7.05 Å². The molecular weight excluding hydrogens is 286 g/mol. The predicted octanol–water partition coefficient (Wildman–Crippen LogP) is 2.83. The Kier molecular flexibility index (Phi) is 5.41. The Labute approximate surface area is 127 Å². The van der Waals surface area contributed by atoms with Crippen LogP contribution in [0.25, 0.3) is 0 Å². The van der Waals surface area contributed by atoms with E-state index in [0.717, 1.165) is 25.7 Å². The first-order chi connectivity index (χ1) is 9.98. The van der Waals surface area contributed by atoms with Crippen LogP contribution in [0.1, 0.15) is 49.7 Å². The highest BCUT2D eigenvalue weighted by Crippen LogP contribution is 2.28. The van der Waals surface area contributed by atoms with Crippen LogP contribution in [-0.2, 0) is 16.6 Å². The van der Waals surface area contributed by atoms with E-state index in [2.05, 4.69) is 0 Å². The summed E-state index contributed by atoms with van der Waals surface area (Å²) in [6, 6.07) is 5.19. The third-order valence-electron chi connectivity index (χ3n) is 4.56. The molecule has 0 saturated heterocycles. The van der Waals surface area contributed by atoms with Crippen LogP contribution in [0.4, 0.5) is 0 Å². The second-order valence-electron chi connectivity index (χ2n) is 5.87. The zero-order valence-electron chi connectivity index (χ0n) is 12.9. The van der Waals surface area contributed by atoms with E-state index in [1.165, 1.54) is 12.8 Å². The molecule has 4 nitrogen and oxygen atoms in total. The van der Waals surface area contributed by atoms with E-state index >= 15 is 0 Å². The van der Waals surface area contributed by atoms with Crippen molar-refractivity contribution in [3.8, 4) is 0 Å². The van der Waals surface area contributed by atoms with Gasteiger partial charge in [-0.3, -0.25) is 0 Å². The average Bonchev–Trinajstić information content (AvgIpc) is 2.75. The Morgan fingerprint density at radius 3 is 2.38 bits per heavy atom. The molecular formula is C16H25NO3S. The van der Waals surface area contributed by atoms with Gasteiger partial charge in [-0.05, 0) is 37.0 Å². The zero-order valence-corrected chi connectivity index (χ0v) is 13.7. The Balaban J connectivity index is 2.32. The van der Waals surface area contributed by atoms with Gasteiger partial charge in [-0.15, -0.1) is 0 Å². The molecule has 1 saturated carbocycles. The van der Waals surface area contributed by atoms with Gasteiger partial charge in [0.15, 0.2) is 0 Å². The van der Waals surface area contributed by atoms with E-state index in [9.17, 15) is 13.5 Å². The topological polar surface area (TPSA) is 57.6 Å². The monoisotopic (exact) mass is 311 g/mol. The summed E-state index contributed by atoms with van der Waals surface area (Å²) in [7, 11) is -1.81. The molecule has 1 aliphatic rings. The van der Waals surface area contributed by atoms with E-state index in [4.69, 9.17) is 0 Å². The van der Waals surface area contributed by atoms with Crippen molar-refractivity contribution in [1.82, 2.24) is 4.31 Å². The van der Waals surface area contributed by atoms with Gasteiger partial charge < -0.3 is 5.11 Å². The van der Waals surface area contributed by atoms with Crippen molar-refractivity contribution < 1.29 is 13.5 Å². The van der Waals surface area contributed by atoms with Gasteiger partial charge in [0.2, 0.25) is 10.0 Å². The fourth-order valence-corrected chi connectivity index (χ4v) is 4.77. The van der Waals surface area contributed by atoms with Gasteiger partial charge in [0.25, 0.3) is 0 Å². The van der Waals surface area contributed by atoms with Gasteiger partial charge in [-0.1, -0.05) is 37.8 Å². The van der Waals surface area contributed by atoms with Gasteiger partial charge in [0, 0.05) is 13.1 Å². The lowest BCUT2D eigenvalue weighted by Gasteiger charge is -2.27. The number of aliphatic hydroxyl groups excluding tert-OH is 1. The standard InChI is InChI=1S/C16H25NO3S/c1-13-14(12-18)8-7-11-16(13)21(19,20)17(2)15-9-5-3-4-6-10-15/h7-8,11,15,18H,3-6,9-10,12H2,1-2H3. The molecule has 5 heteroatoms. The normalized spacial score (nSPS) is 17.9. The van der Waals surface area contributed by atoms with Crippen LogP contribution in [0.3, 0.4) is 0 Å². The summed E-state index contributed by atoms with van der Waals surface area (Å²) >= 11 is 0. The molecule has 21 heavy (non-hydrogen) atoms. The summed E-state index contributed by atoms with van der Waals surface area (Å²) in [4.78, 5) is 0.320. The number of rotatable bonds is 4. The Bertz CT molecular complexity index is 575. The van der Waals surface area contributed by atoms with Gasteiger partial charge in [-0.2, -0.15) is 4.31 Å². The second kappa shape index (κ2) is 6.90. The minimum Gasteiger partial charge on any atom is -0.392 e. The maximum atomic E-state index is 12.9.